The standard InChI is InChI=1S/C24H32N2O3/c1-3-25(4-2)19-24(27)26-12-13-28-14-15-29-23-11-6-5-10-22(23)17-20-8-7-9-21(16-20)18-26/h5-11,16H,3-4,12-15,17-19H2,1-2H3. The molecule has 29 heavy (non-hydrogen) atoms. The summed E-state index contributed by atoms with van der Waals surface area (Å²) in [5.41, 5.74) is 3.53. The second-order valence-electron chi connectivity index (χ2n) is 7.34. The van der Waals surface area contributed by atoms with Gasteiger partial charge in [-0.15, -0.1) is 0 Å². The molecule has 5 nitrogen and oxygen atoms in total. The zero-order valence-electron chi connectivity index (χ0n) is 17.6. The van der Waals surface area contributed by atoms with Crippen LogP contribution in [0.4, 0.5) is 0 Å². The lowest BCUT2D eigenvalue weighted by molar-refractivity contribution is -0.133. The molecule has 0 spiro atoms. The highest BCUT2D eigenvalue weighted by Crippen LogP contribution is 2.22. The van der Waals surface area contributed by atoms with E-state index < -0.39 is 0 Å². The first-order valence-corrected chi connectivity index (χ1v) is 10.6. The highest BCUT2D eigenvalue weighted by molar-refractivity contribution is 5.78. The van der Waals surface area contributed by atoms with Crippen molar-refractivity contribution in [1.29, 1.82) is 0 Å². The number of likely N-dealkylation sites (N-methyl/N-ethyl adjacent to an activating group) is 1. The van der Waals surface area contributed by atoms with Crippen molar-refractivity contribution in [2.24, 2.45) is 0 Å². The van der Waals surface area contributed by atoms with Crippen molar-refractivity contribution in [3.05, 3.63) is 65.2 Å². The monoisotopic (exact) mass is 396 g/mol. The fraction of sp³-hybridized carbons (Fsp3) is 0.458. The molecule has 156 valence electrons. The lowest BCUT2D eigenvalue weighted by Crippen LogP contribution is -2.41. The van der Waals surface area contributed by atoms with Crippen molar-refractivity contribution < 1.29 is 14.3 Å². The molecule has 0 atom stereocenters. The number of carbonyl (C=O) groups is 1. The maximum atomic E-state index is 12.9. The van der Waals surface area contributed by atoms with Gasteiger partial charge in [0.25, 0.3) is 0 Å². The molecule has 0 radical (unpaired) electrons. The number of benzene rings is 2. The quantitative estimate of drug-likeness (QED) is 0.795. The van der Waals surface area contributed by atoms with Crippen LogP contribution in [0.3, 0.4) is 0 Å². The molecule has 0 aromatic heterocycles. The third kappa shape index (κ3) is 6.31. The zero-order valence-corrected chi connectivity index (χ0v) is 17.6. The Morgan fingerprint density at radius 3 is 2.62 bits per heavy atom. The first kappa shape index (κ1) is 21.3. The molecule has 1 heterocycles. The van der Waals surface area contributed by atoms with E-state index >= 15 is 0 Å². The number of rotatable bonds is 4. The van der Waals surface area contributed by atoms with Gasteiger partial charge < -0.3 is 14.4 Å². The van der Waals surface area contributed by atoms with E-state index in [9.17, 15) is 4.79 Å². The average Bonchev–Trinajstić information content (AvgIpc) is 2.74. The Hall–Kier alpha value is -2.37. The van der Waals surface area contributed by atoms with Gasteiger partial charge in [0.05, 0.1) is 19.8 Å². The Kier molecular flexibility index (Phi) is 8.08. The van der Waals surface area contributed by atoms with Gasteiger partial charge in [0.2, 0.25) is 5.91 Å². The van der Waals surface area contributed by atoms with Crippen LogP contribution in [-0.4, -0.2) is 61.7 Å². The van der Waals surface area contributed by atoms with Gasteiger partial charge in [-0.1, -0.05) is 56.3 Å². The summed E-state index contributed by atoms with van der Waals surface area (Å²) in [5.74, 6) is 1.06. The van der Waals surface area contributed by atoms with E-state index in [0.717, 1.165) is 36.4 Å². The Morgan fingerprint density at radius 1 is 1.00 bits per heavy atom. The van der Waals surface area contributed by atoms with Crippen LogP contribution >= 0.6 is 0 Å². The second kappa shape index (κ2) is 11.0. The van der Waals surface area contributed by atoms with Crippen LogP contribution < -0.4 is 4.74 Å². The second-order valence-corrected chi connectivity index (χ2v) is 7.34. The molecule has 0 N–H and O–H groups in total. The van der Waals surface area contributed by atoms with E-state index in [4.69, 9.17) is 9.47 Å². The topological polar surface area (TPSA) is 42.0 Å². The Bertz CT molecular complexity index is 789. The molecule has 0 fully saturated rings. The van der Waals surface area contributed by atoms with Crippen LogP contribution in [0.25, 0.3) is 0 Å². The molecule has 2 aromatic carbocycles. The SMILES string of the molecule is CCN(CC)CC(=O)N1CCOCCOc2ccccc2Cc2cccc(c2)C1. The van der Waals surface area contributed by atoms with Gasteiger partial charge in [0.1, 0.15) is 12.4 Å². The molecular weight excluding hydrogens is 364 g/mol. The number of amides is 1. The molecule has 2 bridgehead atoms. The molecule has 0 aliphatic carbocycles. The Labute approximate surface area is 174 Å². The minimum atomic E-state index is 0.149. The van der Waals surface area contributed by atoms with Crippen molar-refractivity contribution in [1.82, 2.24) is 9.80 Å². The number of para-hydroxylation sites is 1. The maximum absolute atomic E-state index is 12.9. The van der Waals surface area contributed by atoms with Crippen LogP contribution in [0.15, 0.2) is 48.5 Å². The first-order chi connectivity index (χ1) is 14.2. The fourth-order valence-electron chi connectivity index (χ4n) is 3.59. The van der Waals surface area contributed by atoms with Gasteiger partial charge in [0.15, 0.2) is 0 Å². The van der Waals surface area contributed by atoms with E-state index in [0.29, 0.717) is 39.5 Å². The smallest absolute Gasteiger partial charge is 0.237 e. The molecule has 3 rings (SSSR count). The lowest BCUT2D eigenvalue weighted by atomic mass is 10.0. The largest absolute Gasteiger partial charge is 0.491 e. The van der Waals surface area contributed by atoms with Gasteiger partial charge in [-0.3, -0.25) is 9.69 Å². The summed E-state index contributed by atoms with van der Waals surface area (Å²) in [6.07, 6.45) is 0.804. The predicted octanol–water partition coefficient (Wildman–Crippen LogP) is 3.36. The number of nitrogens with zero attached hydrogens (tertiary/aromatic N) is 2. The number of hydrogen-bond donors (Lipinski definition) is 0. The number of carbonyl (C=O) groups excluding carboxylic acids is 1. The minimum absolute atomic E-state index is 0.149. The normalized spacial score (nSPS) is 15.3. The van der Waals surface area contributed by atoms with Crippen LogP contribution in [0.1, 0.15) is 30.5 Å². The Balaban J connectivity index is 1.81. The van der Waals surface area contributed by atoms with Gasteiger partial charge in [-0.25, -0.2) is 0 Å². The molecule has 1 aliphatic rings. The van der Waals surface area contributed by atoms with Crippen LogP contribution in [0.5, 0.6) is 5.75 Å². The molecular formula is C24H32N2O3. The van der Waals surface area contributed by atoms with E-state index in [1.54, 1.807) is 0 Å². The molecule has 1 amide bonds. The van der Waals surface area contributed by atoms with Crippen LogP contribution in [-0.2, 0) is 22.5 Å². The van der Waals surface area contributed by atoms with E-state index in [1.165, 1.54) is 5.56 Å². The van der Waals surface area contributed by atoms with Crippen molar-refractivity contribution in [3.8, 4) is 5.75 Å². The third-order valence-corrected chi connectivity index (χ3v) is 5.33. The van der Waals surface area contributed by atoms with E-state index in [1.807, 2.05) is 23.1 Å². The highest BCUT2D eigenvalue weighted by atomic mass is 16.5. The number of fused-ring (bicyclic) bond motifs is 3. The van der Waals surface area contributed by atoms with Gasteiger partial charge >= 0.3 is 0 Å². The van der Waals surface area contributed by atoms with E-state index in [-0.39, 0.29) is 5.91 Å². The fourth-order valence-corrected chi connectivity index (χ4v) is 3.59. The van der Waals surface area contributed by atoms with Crippen molar-refractivity contribution in [2.75, 3.05) is 46.0 Å². The molecule has 5 heteroatoms. The summed E-state index contributed by atoms with van der Waals surface area (Å²) in [5, 5.41) is 0. The molecule has 0 saturated carbocycles. The van der Waals surface area contributed by atoms with Crippen molar-refractivity contribution in [3.63, 3.8) is 0 Å². The van der Waals surface area contributed by atoms with Crippen molar-refractivity contribution in [2.45, 2.75) is 26.8 Å². The summed E-state index contributed by atoms with van der Waals surface area (Å²) in [6, 6.07) is 16.7. The predicted molar refractivity (Wildman–Crippen MR) is 115 cm³/mol. The average molecular weight is 397 g/mol. The molecule has 0 saturated heterocycles. The summed E-state index contributed by atoms with van der Waals surface area (Å²) in [4.78, 5) is 17.0. The Morgan fingerprint density at radius 2 is 1.79 bits per heavy atom. The number of hydrogen-bond acceptors (Lipinski definition) is 4. The van der Waals surface area contributed by atoms with Crippen LogP contribution in [0, 0.1) is 0 Å². The van der Waals surface area contributed by atoms with Gasteiger partial charge in [0, 0.05) is 19.5 Å². The highest BCUT2D eigenvalue weighted by Gasteiger charge is 2.17. The summed E-state index contributed by atoms with van der Waals surface area (Å²) < 4.78 is 11.7. The lowest BCUT2D eigenvalue weighted by Gasteiger charge is -2.27. The summed E-state index contributed by atoms with van der Waals surface area (Å²) in [6.45, 7) is 9.09. The van der Waals surface area contributed by atoms with E-state index in [2.05, 4.69) is 49.1 Å². The van der Waals surface area contributed by atoms with Gasteiger partial charge in [-0.05, 0) is 35.8 Å². The third-order valence-electron chi connectivity index (χ3n) is 5.33. The molecule has 2 aromatic rings. The maximum Gasteiger partial charge on any atom is 0.237 e. The molecule has 0 unspecified atom stereocenters. The van der Waals surface area contributed by atoms with Crippen molar-refractivity contribution >= 4 is 5.91 Å². The number of ether oxygens (including phenoxy) is 2. The minimum Gasteiger partial charge on any atom is -0.491 e. The van der Waals surface area contributed by atoms with Crippen LogP contribution in [0.2, 0.25) is 0 Å². The first-order valence-electron chi connectivity index (χ1n) is 10.6. The summed E-state index contributed by atoms with van der Waals surface area (Å²) >= 11 is 0. The zero-order chi connectivity index (χ0) is 20.5. The summed E-state index contributed by atoms with van der Waals surface area (Å²) in [7, 11) is 0. The molecule has 1 aliphatic heterocycles. The van der Waals surface area contributed by atoms with Gasteiger partial charge in [-0.2, -0.15) is 0 Å².